The van der Waals surface area contributed by atoms with E-state index >= 15 is 0 Å². The van der Waals surface area contributed by atoms with Crippen molar-refractivity contribution in [1.82, 2.24) is 0 Å². The summed E-state index contributed by atoms with van der Waals surface area (Å²) in [5.41, 5.74) is -0.697. The molecule has 2 aromatic carbocycles. The summed E-state index contributed by atoms with van der Waals surface area (Å²) in [5, 5.41) is 21.6. The van der Waals surface area contributed by atoms with Crippen LogP contribution in [0.15, 0.2) is 48.5 Å². The highest BCUT2D eigenvalue weighted by atomic mass is 16.6. The van der Waals surface area contributed by atoms with Gasteiger partial charge in [-0.15, -0.1) is 0 Å². The Kier molecular flexibility index (Phi) is 3.42. The lowest BCUT2D eigenvalue weighted by atomic mass is 10.2. The monoisotopic (exact) mass is 258 g/mol. The average molecular weight is 258 g/mol. The molecule has 0 N–H and O–H groups in total. The quantitative estimate of drug-likeness (QED) is 0.615. The Labute approximate surface area is 108 Å². The van der Waals surface area contributed by atoms with Crippen LogP contribution in [0.4, 0.5) is 5.69 Å². The van der Waals surface area contributed by atoms with Gasteiger partial charge in [0.05, 0.1) is 10.9 Å². The number of nitro groups is 1. The number of benzene rings is 2. The second kappa shape index (κ2) is 5.18. The van der Waals surface area contributed by atoms with Crippen molar-refractivity contribution in [3.63, 3.8) is 0 Å². The summed E-state index contributed by atoms with van der Waals surface area (Å²) in [6, 6.07) is 11.8. The summed E-state index contributed by atoms with van der Waals surface area (Å²) < 4.78 is 5.35. The van der Waals surface area contributed by atoms with Crippen molar-refractivity contribution in [2.45, 2.75) is 0 Å². The predicted molar refractivity (Wildman–Crippen MR) is 63.9 cm³/mol. The molecule has 6 heteroatoms. The number of carboxylic acids is 1. The van der Waals surface area contributed by atoms with E-state index in [2.05, 4.69) is 0 Å². The Morgan fingerprint density at radius 2 is 1.79 bits per heavy atom. The second-order valence-electron chi connectivity index (χ2n) is 3.64. The van der Waals surface area contributed by atoms with Crippen molar-refractivity contribution in [3.05, 3.63) is 64.2 Å². The van der Waals surface area contributed by atoms with Gasteiger partial charge in [-0.25, -0.2) is 0 Å². The zero-order valence-corrected chi connectivity index (χ0v) is 9.61. The molecule has 6 nitrogen and oxygen atoms in total. The Morgan fingerprint density at radius 3 is 2.37 bits per heavy atom. The minimum atomic E-state index is -1.48. The SMILES string of the molecule is O=C([O-])c1ccc(Oc2ccccc2)c([N+](=O)[O-])c1. The highest BCUT2D eigenvalue weighted by molar-refractivity contribution is 5.87. The minimum absolute atomic E-state index is 0.0267. The highest BCUT2D eigenvalue weighted by Crippen LogP contribution is 2.31. The fourth-order valence-electron chi connectivity index (χ4n) is 1.49. The lowest BCUT2D eigenvalue weighted by Crippen LogP contribution is -2.22. The predicted octanol–water partition coefficient (Wildman–Crippen LogP) is 1.75. The summed E-state index contributed by atoms with van der Waals surface area (Å²) >= 11 is 0. The summed E-state index contributed by atoms with van der Waals surface area (Å²) in [7, 11) is 0. The number of carbonyl (C=O) groups excluding carboxylic acids is 1. The van der Waals surface area contributed by atoms with Crippen LogP contribution in [-0.4, -0.2) is 10.9 Å². The molecule has 0 aromatic heterocycles. The number of para-hydroxylation sites is 1. The average Bonchev–Trinajstić information content (AvgIpc) is 2.39. The molecule has 0 aliphatic rings. The molecule has 0 aliphatic carbocycles. The van der Waals surface area contributed by atoms with Gasteiger partial charge >= 0.3 is 5.69 Å². The largest absolute Gasteiger partial charge is 0.545 e. The molecular formula is C13H8NO5-. The first-order valence-electron chi connectivity index (χ1n) is 5.30. The van der Waals surface area contributed by atoms with Crippen molar-refractivity contribution in [2.75, 3.05) is 0 Å². The standard InChI is InChI=1S/C13H9NO5/c15-13(16)9-6-7-12(11(8-9)14(17)18)19-10-4-2-1-3-5-10/h1-8H,(H,15,16)/p-1. The molecule has 0 aliphatic heterocycles. The molecular weight excluding hydrogens is 250 g/mol. The second-order valence-corrected chi connectivity index (χ2v) is 3.64. The molecule has 0 saturated carbocycles. The number of hydrogen-bond donors (Lipinski definition) is 0. The van der Waals surface area contributed by atoms with Crippen LogP contribution in [0, 0.1) is 10.1 Å². The lowest BCUT2D eigenvalue weighted by molar-refractivity contribution is -0.385. The van der Waals surface area contributed by atoms with Crippen LogP contribution in [0.25, 0.3) is 0 Å². The minimum Gasteiger partial charge on any atom is -0.545 e. The summed E-state index contributed by atoms with van der Waals surface area (Å²) in [6.45, 7) is 0. The fraction of sp³-hybridized carbons (Fsp3) is 0. The molecule has 0 saturated heterocycles. The van der Waals surface area contributed by atoms with Crippen LogP contribution in [-0.2, 0) is 0 Å². The van der Waals surface area contributed by atoms with Crippen molar-refractivity contribution < 1.29 is 19.6 Å². The van der Waals surface area contributed by atoms with Gasteiger partial charge in [0.2, 0.25) is 5.75 Å². The molecule has 0 amide bonds. The third-order valence-corrected chi connectivity index (χ3v) is 2.36. The zero-order valence-electron chi connectivity index (χ0n) is 9.61. The number of ether oxygens (including phenoxy) is 1. The topological polar surface area (TPSA) is 92.5 Å². The molecule has 0 bridgehead atoms. The number of aromatic carboxylic acids is 1. The van der Waals surface area contributed by atoms with Gasteiger partial charge < -0.3 is 14.6 Å². The highest BCUT2D eigenvalue weighted by Gasteiger charge is 2.17. The molecule has 2 aromatic rings. The molecule has 19 heavy (non-hydrogen) atoms. The Hall–Kier alpha value is -2.89. The van der Waals surface area contributed by atoms with Crippen molar-refractivity contribution in [1.29, 1.82) is 0 Å². The third kappa shape index (κ3) is 2.86. The Morgan fingerprint density at radius 1 is 1.11 bits per heavy atom. The van der Waals surface area contributed by atoms with Crippen LogP contribution in [0.2, 0.25) is 0 Å². The van der Waals surface area contributed by atoms with Gasteiger partial charge in [0.25, 0.3) is 0 Å². The summed E-state index contributed by atoms with van der Waals surface area (Å²) in [5.74, 6) is -1.08. The molecule has 96 valence electrons. The van der Waals surface area contributed by atoms with Gasteiger partial charge in [0.1, 0.15) is 5.75 Å². The first kappa shape index (κ1) is 12.6. The van der Waals surface area contributed by atoms with E-state index in [9.17, 15) is 20.0 Å². The van der Waals surface area contributed by atoms with Crippen LogP contribution in [0.1, 0.15) is 10.4 Å². The maximum atomic E-state index is 10.9. The number of nitro benzene ring substituents is 1. The third-order valence-electron chi connectivity index (χ3n) is 2.36. The van der Waals surface area contributed by atoms with E-state index in [0.717, 1.165) is 6.07 Å². The molecule has 0 fully saturated rings. The van der Waals surface area contributed by atoms with Gasteiger partial charge in [-0.1, -0.05) is 18.2 Å². The number of carboxylic acid groups (broad SMARTS) is 1. The number of hydrogen-bond acceptors (Lipinski definition) is 5. The van der Waals surface area contributed by atoms with Gasteiger partial charge in [-0.2, -0.15) is 0 Å². The van der Waals surface area contributed by atoms with Gasteiger partial charge in [-0.05, 0) is 24.3 Å². The number of rotatable bonds is 4. The molecule has 0 atom stereocenters. The summed E-state index contributed by atoms with van der Waals surface area (Å²) in [4.78, 5) is 20.9. The van der Waals surface area contributed by atoms with E-state index in [4.69, 9.17) is 4.74 Å². The fourth-order valence-corrected chi connectivity index (χ4v) is 1.49. The Bertz CT molecular complexity index is 624. The van der Waals surface area contributed by atoms with Crippen molar-refractivity contribution in [2.24, 2.45) is 0 Å². The van der Waals surface area contributed by atoms with Gasteiger partial charge in [0, 0.05) is 11.6 Å². The zero-order chi connectivity index (χ0) is 13.8. The van der Waals surface area contributed by atoms with Crippen LogP contribution >= 0.6 is 0 Å². The van der Waals surface area contributed by atoms with Crippen molar-refractivity contribution >= 4 is 11.7 Å². The first-order chi connectivity index (χ1) is 9.08. The van der Waals surface area contributed by atoms with E-state index in [0.29, 0.717) is 5.75 Å². The molecule has 2 rings (SSSR count). The van der Waals surface area contributed by atoms with Gasteiger partial charge in [0.15, 0.2) is 0 Å². The maximum absolute atomic E-state index is 10.9. The number of carbonyl (C=O) groups is 1. The normalized spacial score (nSPS) is 9.89. The van der Waals surface area contributed by atoms with E-state index in [-0.39, 0.29) is 11.3 Å². The van der Waals surface area contributed by atoms with Crippen LogP contribution in [0.5, 0.6) is 11.5 Å². The van der Waals surface area contributed by atoms with Gasteiger partial charge in [-0.3, -0.25) is 10.1 Å². The van der Waals surface area contributed by atoms with E-state index in [1.165, 1.54) is 12.1 Å². The molecule has 0 spiro atoms. The maximum Gasteiger partial charge on any atom is 0.312 e. The van der Waals surface area contributed by atoms with Crippen LogP contribution < -0.4 is 9.84 Å². The molecule has 0 unspecified atom stereocenters. The van der Waals surface area contributed by atoms with E-state index in [1.54, 1.807) is 30.3 Å². The van der Waals surface area contributed by atoms with Crippen molar-refractivity contribution in [3.8, 4) is 11.5 Å². The first-order valence-corrected chi connectivity index (χ1v) is 5.30. The number of nitrogens with zero attached hydrogens (tertiary/aromatic N) is 1. The molecule has 0 radical (unpaired) electrons. The van der Waals surface area contributed by atoms with Crippen LogP contribution in [0.3, 0.4) is 0 Å². The smallest absolute Gasteiger partial charge is 0.312 e. The molecule has 0 heterocycles. The summed E-state index contributed by atoms with van der Waals surface area (Å²) in [6.07, 6.45) is 0. The van der Waals surface area contributed by atoms with E-state index in [1.807, 2.05) is 0 Å². The lowest BCUT2D eigenvalue weighted by Gasteiger charge is -2.08. The van der Waals surface area contributed by atoms with E-state index < -0.39 is 16.6 Å². The Balaban J connectivity index is 2.40.